The zero-order valence-corrected chi connectivity index (χ0v) is 12.5. The van der Waals surface area contributed by atoms with Gasteiger partial charge in [-0.15, -0.1) is 0 Å². The van der Waals surface area contributed by atoms with E-state index in [1.165, 1.54) is 23.0 Å². The second kappa shape index (κ2) is 5.87. The summed E-state index contributed by atoms with van der Waals surface area (Å²) in [4.78, 5) is 19.7. The minimum Gasteiger partial charge on any atom is -0.284 e. The molecule has 0 amide bonds. The van der Waals surface area contributed by atoms with Crippen LogP contribution in [0.15, 0.2) is 53.6 Å². The van der Waals surface area contributed by atoms with E-state index >= 15 is 0 Å². The van der Waals surface area contributed by atoms with Crippen LogP contribution in [0.2, 0.25) is 10.3 Å². The van der Waals surface area contributed by atoms with Crippen LogP contribution < -0.4 is 5.56 Å². The molecular formula is C15H8Cl2FN3O. The number of nitrogens with zero attached hydrogens (tertiary/aromatic N) is 3. The largest absolute Gasteiger partial charge is 0.284 e. The summed E-state index contributed by atoms with van der Waals surface area (Å²) in [5, 5.41) is 0.414. The Morgan fingerprint density at radius 1 is 1.14 bits per heavy atom. The van der Waals surface area contributed by atoms with Gasteiger partial charge in [0.1, 0.15) is 5.82 Å². The first-order valence-corrected chi connectivity index (χ1v) is 6.97. The maximum atomic E-state index is 13.0. The number of hydrogen-bond acceptors (Lipinski definition) is 3. The first-order chi connectivity index (χ1) is 10.5. The summed E-state index contributed by atoms with van der Waals surface area (Å²) in [6.45, 7) is 0. The molecule has 3 aromatic rings. The Morgan fingerprint density at radius 3 is 2.73 bits per heavy atom. The van der Waals surface area contributed by atoms with Crippen LogP contribution in [-0.4, -0.2) is 14.5 Å². The Bertz CT molecular complexity index is 911. The lowest BCUT2D eigenvalue weighted by Gasteiger charge is -2.08. The van der Waals surface area contributed by atoms with Crippen molar-refractivity contribution in [2.24, 2.45) is 0 Å². The average molecular weight is 336 g/mol. The van der Waals surface area contributed by atoms with Crippen LogP contribution in [0.3, 0.4) is 0 Å². The van der Waals surface area contributed by atoms with Crippen LogP contribution in [0.1, 0.15) is 0 Å². The predicted molar refractivity (Wildman–Crippen MR) is 83.0 cm³/mol. The molecule has 0 saturated carbocycles. The highest BCUT2D eigenvalue weighted by Crippen LogP contribution is 2.27. The third kappa shape index (κ3) is 2.86. The Balaban J connectivity index is 2.14. The van der Waals surface area contributed by atoms with Crippen LogP contribution in [0.25, 0.3) is 16.9 Å². The Morgan fingerprint density at radius 2 is 1.95 bits per heavy atom. The highest BCUT2D eigenvalue weighted by molar-refractivity contribution is 6.33. The summed E-state index contributed by atoms with van der Waals surface area (Å²) in [6.07, 6.45) is 2.77. The lowest BCUT2D eigenvalue weighted by Crippen LogP contribution is -2.16. The van der Waals surface area contributed by atoms with Gasteiger partial charge in [-0.05, 0) is 29.8 Å². The van der Waals surface area contributed by atoms with Gasteiger partial charge in [0.2, 0.25) is 5.28 Å². The minimum absolute atomic E-state index is 0.0729. The van der Waals surface area contributed by atoms with Crippen molar-refractivity contribution in [1.29, 1.82) is 0 Å². The number of pyridine rings is 1. The molecule has 4 nitrogen and oxygen atoms in total. The first-order valence-electron chi connectivity index (χ1n) is 6.21. The minimum atomic E-state index is -0.581. The first kappa shape index (κ1) is 14.7. The summed E-state index contributed by atoms with van der Waals surface area (Å²) in [6, 6.07) is 9.09. The van der Waals surface area contributed by atoms with E-state index in [1.54, 1.807) is 24.3 Å². The molecule has 1 aromatic carbocycles. The van der Waals surface area contributed by atoms with Crippen LogP contribution in [-0.2, 0) is 0 Å². The zero-order chi connectivity index (χ0) is 15.7. The summed E-state index contributed by atoms with van der Waals surface area (Å²) >= 11 is 11.9. The van der Waals surface area contributed by atoms with Crippen molar-refractivity contribution in [2.45, 2.75) is 0 Å². The van der Waals surface area contributed by atoms with Crippen molar-refractivity contribution in [2.75, 3.05) is 0 Å². The van der Waals surface area contributed by atoms with Crippen molar-refractivity contribution in [3.8, 4) is 16.9 Å². The highest BCUT2D eigenvalue weighted by Gasteiger charge is 2.09. The molecule has 0 aliphatic rings. The second-order valence-corrected chi connectivity index (χ2v) is 5.18. The molecule has 0 saturated heterocycles. The lowest BCUT2D eigenvalue weighted by molar-refractivity contribution is 0.620. The number of rotatable bonds is 2. The number of hydrogen-bond donors (Lipinski definition) is 0. The molecule has 0 fully saturated rings. The summed E-state index contributed by atoms with van der Waals surface area (Å²) in [5.41, 5.74) is 1.22. The quantitative estimate of drug-likeness (QED) is 0.670. The van der Waals surface area contributed by atoms with E-state index in [2.05, 4.69) is 9.97 Å². The fourth-order valence-corrected chi connectivity index (χ4v) is 2.35. The molecule has 2 aromatic heterocycles. The highest BCUT2D eigenvalue weighted by atomic mass is 35.5. The fourth-order valence-electron chi connectivity index (χ4n) is 2.02. The standard InChI is InChI=1S/C15H8Cl2FN3O/c16-12-8-19-15(17)20-14(12)9-2-1-3-11(6-9)21-5-4-10(18)7-13(21)22/h1-8H. The molecule has 0 radical (unpaired) electrons. The molecule has 0 N–H and O–H groups in total. The molecule has 0 spiro atoms. The van der Waals surface area contributed by atoms with Crippen molar-refractivity contribution in [3.63, 3.8) is 0 Å². The molecule has 22 heavy (non-hydrogen) atoms. The summed E-state index contributed by atoms with van der Waals surface area (Å²) < 4.78 is 14.4. The lowest BCUT2D eigenvalue weighted by atomic mass is 10.1. The Kier molecular flexibility index (Phi) is 3.92. The van der Waals surface area contributed by atoms with Gasteiger partial charge in [0.05, 0.1) is 16.9 Å². The van der Waals surface area contributed by atoms with Gasteiger partial charge in [-0.3, -0.25) is 9.36 Å². The third-order valence-corrected chi connectivity index (χ3v) is 3.45. The van der Waals surface area contributed by atoms with Crippen molar-refractivity contribution < 1.29 is 4.39 Å². The van der Waals surface area contributed by atoms with E-state index in [0.29, 0.717) is 22.0 Å². The van der Waals surface area contributed by atoms with Crippen LogP contribution in [0.5, 0.6) is 0 Å². The molecule has 0 unspecified atom stereocenters. The van der Waals surface area contributed by atoms with Gasteiger partial charge in [-0.2, -0.15) is 0 Å². The van der Waals surface area contributed by atoms with Crippen molar-refractivity contribution in [1.82, 2.24) is 14.5 Å². The van der Waals surface area contributed by atoms with E-state index in [-0.39, 0.29) is 5.28 Å². The fraction of sp³-hybridized carbons (Fsp3) is 0. The second-order valence-electron chi connectivity index (χ2n) is 4.44. The van der Waals surface area contributed by atoms with E-state index in [9.17, 15) is 9.18 Å². The Hall–Kier alpha value is -2.24. The molecule has 0 aliphatic carbocycles. The van der Waals surface area contributed by atoms with Gasteiger partial charge in [-0.1, -0.05) is 23.7 Å². The van der Waals surface area contributed by atoms with Crippen molar-refractivity contribution >= 4 is 23.2 Å². The zero-order valence-electron chi connectivity index (χ0n) is 11.0. The van der Waals surface area contributed by atoms with E-state index in [0.717, 1.165) is 6.07 Å². The maximum absolute atomic E-state index is 13.0. The summed E-state index contributed by atoms with van der Waals surface area (Å²) in [7, 11) is 0. The topological polar surface area (TPSA) is 47.8 Å². The smallest absolute Gasteiger partial charge is 0.257 e. The van der Waals surface area contributed by atoms with Gasteiger partial charge < -0.3 is 0 Å². The van der Waals surface area contributed by atoms with Gasteiger partial charge in [0, 0.05) is 23.5 Å². The number of benzene rings is 1. The molecule has 0 aliphatic heterocycles. The van der Waals surface area contributed by atoms with Gasteiger partial charge in [-0.25, -0.2) is 14.4 Å². The molecule has 110 valence electrons. The van der Waals surface area contributed by atoms with Crippen LogP contribution >= 0.6 is 23.2 Å². The van der Waals surface area contributed by atoms with E-state index in [1.807, 2.05) is 0 Å². The molecule has 0 atom stereocenters. The van der Waals surface area contributed by atoms with E-state index in [4.69, 9.17) is 23.2 Å². The number of halogens is 3. The molecular weight excluding hydrogens is 328 g/mol. The SMILES string of the molecule is O=c1cc(F)ccn1-c1cccc(-c2nc(Cl)ncc2Cl)c1. The average Bonchev–Trinajstić information content (AvgIpc) is 2.50. The molecule has 7 heteroatoms. The monoisotopic (exact) mass is 335 g/mol. The van der Waals surface area contributed by atoms with E-state index < -0.39 is 11.4 Å². The molecule has 2 heterocycles. The molecule has 3 rings (SSSR count). The van der Waals surface area contributed by atoms with Crippen LogP contribution in [0.4, 0.5) is 4.39 Å². The third-order valence-electron chi connectivity index (χ3n) is 2.99. The summed E-state index contributed by atoms with van der Waals surface area (Å²) in [5.74, 6) is -0.581. The van der Waals surface area contributed by atoms with Gasteiger partial charge in [0.25, 0.3) is 5.56 Å². The predicted octanol–water partition coefficient (Wildman–Crippen LogP) is 3.74. The Labute approximate surface area is 134 Å². The number of aromatic nitrogens is 3. The van der Waals surface area contributed by atoms with Crippen molar-refractivity contribution in [3.05, 3.63) is 75.3 Å². The maximum Gasteiger partial charge on any atom is 0.257 e. The van der Waals surface area contributed by atoms with Gasteiger partial charge in [0.15, 0.2) is 0 Å². The molecule has 0 bridgehead atoms. The van der Waals surface area contributed by atoms with Crippen LogP contribution in [0, 0.1) is 5.82 Å². The normalized spacial score (nSPS) is 10.7. The van der Waals surface area contributed by atoms with Gasteiger partial charge >= 0.3 is 0 Å².